The number of amides is 4. The number of aliphatic hydroxyl groups is 1. The molecular formula is C18H29N5O4. The highest BCUT2D eigenvalue weighted by molar-refractivity contribution is 5.97. The van der Waals surface area contributed by atoms with Crippen LogP contribution in [0.5, 0.6) is 0 Å². The van der Waals surface area contributed by atoms with Crippen molar-refractivity contribution in [3.05, 3.63) is 29.8 Å². The lowest BCUT2D eigenvalue weighted by Crippen LogP contribution is -2.51. The van der Waals surface area contributed by atoms with Crippen LogP contribution >= 0.6 is 0 Å². The standard InChI is InChI=1S/C18H29N5O4/c1-11(2)15(19)17(26)23-14(4-3-9-21-18(20)27)16(25)22-13-7-5-12(10-24)6-8-13/h5-8,11,14-15,24H,3-4,9-10,19H2,1-2H3,(H,22,25)(H,23,26)(H3,20,21,27). The lowest BCUT2D eigenvalue weighted by molar-refractivity contribution is -0.128. The fourth-order valence-corrected chi connectivity index (χ4v) is 2.28. The highest BCUT2D eigenvalue weighted by atomic mass is 16.3. The van der Waals surface area contributed by atoms with Crippen LogP contribution in [0, 0.1) is 5.92 Å². The van der Waals surface area contributed by atoms with Crippen LogP contribution in [-0.4, -0.2) is 41.6 Å². The highest BCUT2D eigenvalue weighted by Crippen LogP contribution is 2.11. The van der Waals surface area contributed by atoms with Gasteiger partial charge in [-0.3, -0.25) is 9.59 Å². The number of anilines is 1. The zero-order valence-corrected chi connectivity index (χ0v) is 15.7. The van der Waals surface area contributed by atoms with Crippen molar-refractivity contribution < 1.29 is 19.5 Å². The summed E-state index contributed by atoms with van der Waals surface area (Å²) >= 11 is 0. The van der Waals surface area contributed by atoms with Crippen molar-refractivity contribution in [2.45, 2.75) is 45.4 Å². The smallest absolute Gasteiger partial charge is 0.312 e. The third kappa shape index (κ3) is 8.06. The fraction of sp³-hybridized carbons (Fsp3) is 0.500. The van der Waals surface area contributed by atoms with Crippen LogP contribution in [0.15, 0.2) is 24.3 Å². The minimum absolute atomic E-state index is 0.0729. The molecule has 1 rings (SSSR count). The van der Waals surface area contributed by atoms with Gasteiger partial charge in [0, 0.05) is 12.2 Å². The van der Waals surface area contributed by atoms with E-state index < -0.39 is 29.9 Å². The molecule has 9 nitrogen and oxygen atoms in total. The highest BCUT2D eigenvalue weighted by Gasteiger charge is 2.25. The van der Waals surface area contributed by atoms with Crippen molar-refractivity contribution in [3.8, 4) is 0 Å². The molecule has 0 aliphatic heterocycles. The number of hydrogen-bond acceptors (Lipinski definition) is 5. The Morgan fingerprint density at radius 1 is 1.11 bits per heavy atom. The van der Waals surface area contributed by atoms with E-state index in [1.807, 2.05) is 13.8 Å². The summed E-state index contributed by atoms with van der Waals surface area (Å²) in [6, 6.07) is 4.52. The van der Waals surface area contributed by atoms with E-state index in [0.29, 0.717) is 18.5 Å². The predicted molar refractivity (Wildman–Crippen MR) is 103 cm³/mol. The minimum atomic E-state index is -0.811. The molecule has 27 heavy (non-hydrogen) atoms. The maximum Gasteiger partial charge on any atom is 0.312 e. The Kier molecular flexibility index (Phi) is 9.24. The van der Waals surface area contributed by atoms with Crippen molar-refractivity contribution >= 4 is 23.5 Å². The van der Waals surface area contributed by atoms with Gasteiger partial charge in [0.2, 0.25) is 11.8 Å². The topological polar surface area (TPSA) is 160 Å². The molecule has 0 bridgehead atoms. The molecule has 1 aromatic rings. The molecule has 0 fully saturated rings. The van der Waals surface area contributed by atoms with Gasteiger partial charge < -0.3 is 32.5 Å². The normalized spacial score (nSPS) is 12.9. The van der Waals surface area contributed by atoms with Gasteiger partial charge in [0.25, 0.3) is 0 Å². The number of hydrogen-bond donors (Lipinski definition) is 6. The second-order valence-corrected chi connectivity index (χ2v) is 6.61. The van der Waals surface area contributed by atoms with Gasteiger partial charge in [-0.15, -0.1) is 0 Å². The zero-order chi connectivity index (χ0) is 20.4. The van der Waals surface area contributed by atoms with Crippen molar-refractivity contribution in [3.63, 3.8) is 0 Å². The van der Waals surface area contributed by atoms with E-state index in [9.17, 15) is 14.4 Å². The quantitative estimate of drug-likeness (QED) is 0.316. The van der Waals surface area contributed by atoms with E-state index in [1.165, 1.54) is 0 Å². The first-order valence-corrected chi connectivity index (χ1v) is 8.84. The molecule has 0 heterocycles. The van der Waals surface area contributed by atoms with Gasteiger partial charge in [0.05, 0.1) is 12.6 Å². The number of carbonyl (C=O) groups excluding carboxylic acids is 3. The Labute approximate surface area is 158 Å². The molecule has 0 aliphatic rings. The van der Waals surface area contributed by atoms with E-state index in [1.54, 1.807) is 24.3 Å². The summed E-state index contributed by atoms with van der Waals surface area (Å²) in [4.78, 5) is 35.6. The second-order valence-electron chi connectivity index (χ2n) is 6.61. The Morgan fingerprint density at radius 2 is 1.74 bits per heavy atom. The number of nitrogens with two attached hydrogens (primary N) is 2. The largest absolute Gasteiger partial charge is 0.392 e. The van der Waals surface area contributed by atoms with E-state index in [2.05, 4.69) is 16.0 Å². The van der Waals surface area contributed by atoms with E-state index in [4.69, 9.17) is 16.6 Å². The second kappa shape index (κ2) is 11.1. The number of benzene rings is 1. The van der Waals surface area contributed by atoms with Gasteiger partial charge in [-0.2, -0.15) is 0 Å². The first-order valence-electron chi connectivity index (χ1n) is 8.84. The van der Waals surface area contributed by atoms with Gasteiger partial charge in [-0.25, -0.2) is 4.79 Å². The Hall–Kier alpha value is -2.65. The Bertz CT molecular complexity index is 633. The average Bonchev–Trinajstić information content (AvgIpc) is 2.63. The summed E-state index contributed by atoms with van der Waals surface area (Å²) in [7, 11) is 0. The molecule has 8 N–H and O–H groups in total. The lowest BCUT2D eigenvalue weighted by atomic mass is 10.0. The summed E-state index contributed by atoms with van der Waals surface area (Å²) in [5, 5.41) is 16.9. The van der Waals surface area contributed by atoms with Crippen molar-refractivity contribution in [1.29, 1.82) is 0 Å². The van der Waals surface area contributed by atoms with Gasteiger partial charge in [-0.05, 0) is 36.5 Å². The molecular weight excluding hydrogens is 350 g/mol. The number of nitrogens with one attached hydrogen (secondary N) is 3. The van der Waals surface area contributed by atoms with E-state index >= 15 is 0 Å². The molecule has 0 radical (unpaired) electrons. The van der Waals surface area contributed by atoms with Crippen LogP contribution in [0.4, 0.5) is 10.5 Å². The van der Waals surface area contributed by atoms with Crippen LogP contribution < -0.4 is 27.4 Å². The van der Waals surface area contributed by atoms with Crippen LogP contribution in [0.25, 0.3) is 0 Å². The summed E-state index contributed by atoms with van der Waals surface area (Å²) in [5.74, 6) is -0.880. The minimum Gasteiger partial charge on any atom is -0.392 e. The average molecular weight is 379 g/mol. The molecule has 1 aromatic carbocycles. The summed E-state index contributed by atoms with van der Waals surface area (Å²) in [6.45, 7) is 3.83. The molecule has 150 valence electrons. The van der Waals surface area contributed by atoms with E-state index in [-0.39, 0.29) is 19.1 Å². The molecule has 0 aromatic heterocycles. The molecule has 4 amide bonds. The lowest BCUT2D eigenvalue weighted by Gasteiger charge is -2.22. The number of urea groups is 1. The Morgan fingerprint density at radius 3 is 2.26 bits per heavy atom. The monoisotopic (exact) mass is 379 g/mol. The van der Waals surface area contributed by atoms with Crippen LogP contribution in [0.1, 0.15) is 32.3 Å². The molecule has 0 saturated carbocycles. The van der Waals surface area contributed by atoms with Crippen molar-refractivity contribution in [1.82, 2.24) is 10.6 Å². The molecule has 2 atom stereocenters. The van der Waals surface area contributed by atoms with Crippen LogP contribution in [0.3, 0.4) is 0 Å². The van der Waals surface area contributed by atoms with Gasteiger partial charge >= 0.3 is 6.03 Å². The maximum absolute atomic E-state index is 12.6. The SMILES string of the molecule is CC(C)C(N)C(=O)NC(CCCNC(N)=O)C(=O)Nc1ccc(CO)cc1. The first kappa shape index (κ1) is 22.4. The van der Waals surface area contributed by atoms with E-state index in [0.717, 1.165) is 5.56 Å². The summed E-state index contributed by atoms with van der Waals surface area (Å²) in [6.07, 6.45) is 0.749. The molecule has 9 heteroatoms. The summed E-state index contributed by atoms with van der Waals surface area (Å²) in [5.41, 5.74) is 12.1. The van der Waals surface area contributed by atoms with Gasteiger partial charge in [0.1, 0.15) is 6.04 Å². The number of carbonyl (C=O) groups is 3. The Balaban J connectivity index is 2.75. The maximum atomic E-state index is 12.6. The molecule has 0 aliphatic carbocycles. The van der Waals surface area contributed by atoms with Gasteiger partial charge in [0.15, 0.2) is 0 Å². The summed E-state index contributed by atoms with van der Waals surface area (Å²) < 4.78 is 0. The fourth-order valence-electron chi connectivity index (χ4n) is 2.28. The molecule has 0 spiro atoms. The third-order valence-electron chi connectivity index (χ3n) is 4.03. The van der Waals surface area contributed by atoms with Crippen LogP contribution in [0.2, 0.25) is 0 Å². The molecule has 0 saturated heterocycles. The first-order chi connectivity index (χ1) is 12.7. The number of rotatable bonds is 10. The number of primary amides is 1. The number of aliphatic hydroxyl groups excluding tert-OH is 1. The molecule has 2 unspecified atom stereocenters. The van der Waals surface area contributed by atoms with Gasteiger partial charge in [-0.1, -0.05) is 26.0 Å². The van der Waals surface area contributed by atoms with Crippen LogP contribution in [-0.2, 0) is 16.2 Å². The predicted octanol–water partition coefficient (Wildman–Crippen LogP) is 0.0340. The van der Waals surface area contributed by atoms with Crippen molar-refractivity contribution in [2.24, 2.45) is 17.4 Å². The van der Waals surface area contributed by atoms with Crippen molar-refractivity contribution in [2.75, 3.05) is 11.9 Å². The third-order valence-corrected chi connectivity index (χ3v) is 4.03. The zero-order valence-electron chi connectivity index (χ0n) is 15.7.